The van der Waals surface area contributed by atoms with Gasteiger partial charge in [-0.25, -0.2) is 9.48 Å². The van der Waals surface area contributed by atoms with E-state index in [2.05, 4.69) is 34.3 Å². The number of carbonyl (C=O) groups is 1. The van der Waals surface area contributed by atoms with Crippen molar-refractivity contribution in [3.63, 3.8) is 0 Å². The molecule has 0 aromatic carbocycles. The number of nitrogens with zero attached hydrogens (tertiary/aromatic N) is 5. The van der Waals surface area contributed by atoms with Gasteiger partial charge in [0.1, 0.15) is 6.54 Å². The van der Waals surface area contributed by atoms with E-state index in [9.17, 15) is 4.79 Å². The van der Waals surface area contributed by atoms with Gasteiger partial charge >= 0.3 is 5.97 Å². The minimum atomic E-state index is -0.455. The SMILES string of the molecule is CCOC(=O)c1nnn(Cc2noc(C)n2)c1CC(C)C. The monoisotopic (exact) mass is 293 g/mol. The standard InChI is InChI=1S/C13H19N5O3/c1-5-20-13(19)12-10(6-8(2)3)18(17-15-12)7-11-14-9(4)21-16-11/h8H,5-7H2,1-4H3. The quantitative estimate of drug-likeness (QED) is 0.742. The highest BCUT2D eigenvalue weighted by atomic mass is 16.5. The fourth-order valence-corrected chi connectivity index (χ4v) is 1.95. The largest absolute Gasteiger partial charge is 0.461 e. The van der Waals surface area contributed by atoms with Gasteiger partial charge in [0.15, 0.2) is 11.5 Å². The Hall–Kier alpha value is -2.25. The van der Waals surface area contributed by atoms with Crippen molar-refractivity contribution in [1.82, 2.24) is 25.1 Å². The highest BCUT2D eigenvalue weighted by molar-refractivity contribution is 5.88. The van der Waals surface area contributed by atoms with E-state index in [1.807, 2.05) is 0 Å². The molecule has 0 aliphatic rings. The van der Waals surface area contributed by atoms with Crippen molar-refractivity contribution in [2.45, 2.75) is 40.7 Å². The molecule has 0 radical (unpaired) electrons. The van der Waals surface area contributed by atoms with Gasteiger partial charge in [0, 0.05) is 6.92 Å². The molecule has 0 N–H and O–H groups in total. The molecule has 0 bridgehead atoms. The molecule has 0 aliphatic carbocycles. The van der Waals surface area contributed by atoms with Gasteiger partial charge in [-0.2, -0.15) is 4.98 Å². The van der Waals surface area contributed by atoms with Crippen LogP contribution in [0.25, 0.3) is 0 Å². The summed E-state index contributed by atoms with van der Waals surface area (Å²) in [5.41, 5.74) is 0.983. The summed E-state index contributed by atoms with van der Waals surface area (Å²) >= 11 is 0. The summed E-state index contributed by atoms with van der Waals surface area (Å²) in [5.74, 6) is 0.880. The van der Waals surface area contributed by atoms with Crippen molar-refractivity contribution < 1.29 is 14.1 Å². The molecule has 8 heteroatoms. The zero-order chi connectivity index (χ0) is 15.4. The molecule has 0 amide bonds. The van der Waals surface area contributed by atoms with E-state index in [-0.39, 0.29) is 5.69 Å². The topological polar surface area (TPSA) is 95.9 Å². The molecule has 0 saturated carbocycles. The zero-order valence-corrected chi connectivity index (χ0v) is 12.7. The van der Waals surface area contributed by atoms with E-state index in [1.165, 1.54) is 0 Å². The summed E-state index contributed by atoms with van der Waals surface area (Å²) in [6.45, 7) is 8.21. The first-order valence-electron chi connectivity index (χ1n) is 6.90. The lowest BCUT2D eigenvalue weighted by molar-refractivity contribution is 0.0517. The number of aromatic nitrogens is 5. The highest BCUT2D eigenvalue weighted by Crippen LogP contribution is 2.14. The minimum Gasteiger partial charge on any atom is -0.461 e. The molecule has 8 nitrogen and oxygen atoms in total. The second kappa shape index (κ2) is 6.47. The van der Waals surface area contributed by atoms with Crippen LogP contribution in [-0.2, 0) is 17.7 Å². The molecule has 2 heterocycles. The van der Waals surface area contributed by atoms with Gasteiger partial charge in [0.05, 0.1) is 12.3 Å². The van der Waals surface area contributed by atoms with E-state index < -0.39 is 5.97 Å². The Labute approximate surface area is 122 Å². The lowest BCUT2D eigenvalue weighted by Crippen LogP contribution is -2.14. The van der Waals surface area contributed by atoms with E-state index in [0.717, 1.165) is 5.69 Å². The van der Waals surface area contributed by atoms with Crippen molar-refractivity contribution in [2.24, 2.45) is 5.92 Å². The molecular weight excluding hydrogens is 274 g/mol. The molecule has 0 fully saturated rings. The van der Waals surface area contributed by atoms with Crippen molar-refractivity contribution in [3.8, 4) is 0 Å². The molecule has 0 aliphatic heterocycles. The van der Waals surface area contributed by atoms with Crippen LogP contribution in [-0.4, -0.2) is 37.7 Å². The number of esters is 1. The van der Waals surface area contributed by atoms with Gasteiger partial charge in [0.25, 0.3) is 0 Å². The van der Waals surface area contributed by atoms with Crippen molar-refractivity contribution in [1.29, 1.82) is 0 Å². The summed E-state index contributed by atoms with van der Waals surface area (Å²) in [6.07, 6.45) is 0.665. The Morgan fingerprint density at radius 3 is 2.76 bits per heavy atom. The average molecular weight is 293 g/mol. The zero-order valence-electron chi connectivity index (χ0n) is 12.7. The maximum Gasteiger partial charge on any atom is 0.360 e. The number of ether oxygens (including phenoxy) is 1. The fourth-order valence-electron chi connectivity index (χ4n) is 1.95. The molecule has 114 valence electrons. The van der Waals surface area contributed by atoms with Gasteiger partial charge in [-0.3, -0.25) is 0 Å². The molecule has 2 aromatic heterocycles. The number of aryl methyl sites for hydroxylation is 1. The van der Waals surface area contributed by atoms with E-state index in [0.29, 0.717) is 37.2 Å². The third kappa shape index (κ3) is 3.65. The van der Waals surface area contributed by atoms with Gasteiger partial charge in [-0.15, -0.1) is 5.10 Å². The van der Waals surface area contributed by atoms with Gasteiger partial charge < -0.3 is 9.26 Å². The van der Waals surface area contributed by atoms with Crippen LogP contribution in [0, 0.1) is 12.8 Å². The van der Waals surface area contributed by atoms with Crippen molar-refractivity contribution >= 4 is 5.97 Å². The summed E-state index contributed by atoms with van der Waals surface area (Å²) in [6, 6.07) is 0. The predicted octanol–water partition coefficient (Wildman–Crippen LogP) is 1.39. The Morgan fingerprint density at radius 2 is 2.19 bits per heavy atom. The maximum atomic E-state index is 11.9. The normalized spacial score (nSPS) is 11.1. The fraction of sp³-hybridized carbons (Fsp3) is 0.615. The smallest absolute Gasteiger partial charge is 0.360 e. The second-order valence-corrected chi connectivity index (χ2v) is 5.09. The summed E-state index contributed by atoms with van der Waals surface area (Å²) in [4.78, 5) is 16.1. The van der Waals surface area contributed by atoms with E-state index in [4.69, 9.17) is 9.26 Å². The third-order valence-corrected chi connectivity index (χ3v) is 2.77. The lowest BCUT2D eigenvalue weighted by atomic mass is 10.1. The number of carbonyl (C=O) groups excluding carboxylic acids is 1. The number of hydrogen-bond acceptors (Lipinski definition) is 7. The summed E-state index contributed by atoms with van der Waals surface area (Å²) in [7, 11) is 0. The minimum absolute atomic E-state index is 0.255. The number of hydrogen-bond donors (Lipinski definition) is 0. The van der Waals surface area contributed by atoms with Crippen LogP contribution in [0.3, 0.4) is 0 Å². The highest BCUT2D eigenvalue weighted by Gasteiger charge is 2.22. The van der Waals surface area contributed by atoms with Crippen LogP contribution in [0.1, 0.15) is 48.7 Å². The molecule has 0 saturated heterocycles. The van der Waals surface area contributed by atoms with Crippen LogP contribution in [0.5, 0.6) is 0 Å². The van der Waals surface area contributed by atoms with E-state index in [1.54, 1.807) is 18.5 Å². The van der Waals surface area contributed by atoms with Crippen molar-refractivity contribution in [2.75, 3.05) is 6.61 Å². The Bertz CT molecular complexity index is 617. The summed E-state index contributed by atoms with van der Waals surface area (Å²) < 4.78 is 11.6. The van der Waals surface area contributed by atoms with Crippen molar-refractivity contribution in [3.05, 3.63) is 23.1 Å². The third-order valence-electron chi connectivity index (χ3n) is 2.77. The molecule has 21 heavy (non-hydrogen) atoms. The van der Waals surface area contributed by atoms with Gasteiger partial charge in [-0.1, -0.05) is 24.2 Å². The Morgan fingerprint density at radius 1 is 1.43 bits per heavy atom. The number of rotatable bonds is 6. The van der Waals surface area contributed by atoms with Crippen LogP contribution >= 0.6 is 0 Å². The van der Waals surface area contributed by atoms with E-state index >= 15 is 0 Å². The molecule has 0 spiro atoms. The Kier molecular flexibility index (Phi) is 4.66. The first-order chi connectivity index (χ1) is 10.0. The van der Waals surface area contributed by atoms with Gasteiger partial charge in [0.2, 0.25) is 5.89 Å². The average Bonchev–Trinajstić information content (AvgIpc) is 2.97. The van der Waals surface area contributed by atoms with Crippen LogP contribution in [0.4, 0.5) is 0 Å². The first kappa shape index (κ1) is 15.1. The molecular formula is C13H19N5O3. The van der Waals surface area contributed by atoms with Crippen LogP contribution in [0.2, 0.25) is 0 Å². The predicted molar refractivity (Wildman–Crippen MR) is 72.7 cm³/mol. The van der Waals surface area contributed by atoms with Gasteiger partial charge in [-0.05, 0) is 19.3 Å². The first-order valence-corrected chi connectivity index (χ1v) is 6.90. The Balaban J connectivity index is 2.29. The van der Waals surface area contributed by atoms with Crippen LogP contribution in [0.15, 0.2) is 4.52 Å². The molecule has 2 rings (SSSR count). The lowest BCUT2D eigenvalue weighted by Gasteiger charge is -2.08. The second-order valence-electron chi connectivity index (χ2n) is 5.09. The molecule has 0 atom stereocenters. The maximum absolute atomic E-state index is 11.9. The molecule has 2 aromatic rings. The van der Waals surface area contributed by atoms with Crippen LogP contribution < -0.4 is 0 Å². The summed E-state index contributed by atoms with van der Waals surface area (Å²) in [5, 5.41) is 11.8. The molecule has 0 unspecified atom stereocenters.